The van der Waals surface area contributed by atoms with Crippen molar-refractivity contribution in [3.63, 3.8) is 0 Å². The molecule has 0 saturated carbocycles. The Morgan fingerprint density at radius 2 is 2.00 bits per heavy atom. The van der Waals surface area contributed by atoms with Crippen molar-refractivity contribution in [1.29, 1.82) is 0 Å². The van der Waals surface area contributed by atoms with Crippen LogP contribution >= 0.6 is 0 Å². The molecule has 1 unspecified atom stereocenters. The number of nitrogens with zero attached hydrogens (tertiary/aromatic N) is 1. The van der Waals surface area contributed by atoms with Gasteiger partial charge in [-0.15, -0.1) is 6.58 Å². The molecule has 2 rings (SSSR count). The number of benzene rings is 1. The SMILES string of the molecule is C=CC(c1ccccc1)N1CCCCCN1. The number of hydrogen-bond acceptors (Lipinski definition) is 2. The fraction of sp³-hybridized carbons (Fsp3) is 0.429. The average Bonchev–Trinajstić information content (AvgIpc) is 2.61. The molecule has 1 aromatic carbocycles. The third-order valence-electron chi connectivity index (χ3n) is 3.09. The molecule has 0 aliphatic carbocycles. The minimum Gasteiger partial charge on any atom is -0.254 e. The fourth-order valence-electron chi connectivity index (χ4n) is 2.22. The van der Waals surface area contributed by atoms with Crippen molar-refractivity contribution < 1.29 is 0 Å². The molecule has 16 heavy (non-hydrogen) atoms. The maximum Gasteiger partial charge on any atom is 0.0671 e. The summed E-state index contributed by atoms with van der Waals surface area (Å²) in [4.78, 5) is 0. The number of hydrazine groups is 1. The van der Waals surface area contributed by atoms with Gasteiger partial charge in [-0.2, -0.15) is 0 Å². The van der Waals surface area contributed by atoms with Crippen LogP contribution in [-0.2, 0) is 0 Å². The third-order valence-corrected chi connectivity index (χ3v) is 3.09. The third kappa shape index (κ3) is 2.71. The predicted octanol–water partition coefficient (Wildman–Crippen LogP) is 2.90. The van der Waals surface area contributed by atoms with E-state index in [2.05, 4.69) is 47.3 Å². The molecule has 0 amide bonds. The monoisotopic (exact) mass is 216 g/mol. The van der Waals surface area contributed by atoms with Crippen molar-refractivity contribution in [2.45, 2.75) is 25.3 Å². The second-order valence-corrected chi connectivity index (χ2v) is 4.25. The van der Waals surface area contributed by atoms with Gasteiger partial charge in [0.2, 0.25) is 0 Å². The summed E-state index contributed by atoms with van der Waals surface area (Å²) in [5.74, 6) is 0. The normalized spacial score (nSPS) is 20.0. The Balaban J connectivity index is 2.12. The van der Waals surface area contributed by atoms with Gasteiger partial charge in [-0.05, 0) is 18.4 Å². The van der Waals surface area contributed by atoms with Gasteiger partial charge in [-0.25, -0.2) is 5.01 Å². The minimum atomic E-state index is 0.291. The van der Waals surface area contributed by atoms with Crippen molar-refractivity contribution in [2.24, 2.45) is 0 Å². The highest BCUT2D eigenvalue weighted by Gasteiger charge is 2.17. The molecule has 1 heterocycles. The van der Waals surface area contributed by atoms with E-state index < -0.39 is 0 Å². The Kier molecular flexibility index (Phi) is 4.14. The first-order valence-electron chi connectivity index (χ1n) is 6.09. The van der Waals surface area contributed by atoms with Crippen LogP contribution < -0.4 is 5.43 Å². The zero-order valence-corrected chi connectivity index (χ0v) is 9.73. The van der Waals surface area contributed by atoms with Gasteiger partial charge in [0, 0.05) is 13.1 Å². The van der Waals surface area contributed by atoms with E-state index in [-0.39, 0.29) is 0 Å². The van der Waals surface area contributed by atoms with Crippen molar-refractivity contribution >= 4 is 0 Å². The summed E-state index contributed by atoms with van der Waals surface area (Å²) in [6, 6.07) is 10.9. The van der Waals surface area contributed by atoms with Gasteiger partial charge < -0.3 is 0 Å². The maximum absolute atomic E-state index is 3.96. The zero-order valence-electron chi connectivity index (χ0n) is 9.73. The number of nitrogens with one attached hydrogen (secondary N) is 1. The summed E-state index contributed by atoms with van der Waals surface area (Å²) in [5, 5.41) is 2.31. The van der Waals surface area contributed by atoms with Crippen LogP contribution in [0.1, 0.15) is 30.9 Å². The molecule has 2 nitrogen and oxygen atoms in total. The van der Waals surface area contributed by atoms with E-state index in [0.29, 0.717) is 6.04 Å². The van der Waals surface area contributed by atoms with Crippen LogP contribution in [0.15, 0.2) is 43.0 Å². The van der Waals surface area contributed by atoms with E-state index in [1.165, 1.54) is 24.8 Å². The van der Waals surface area contributed by atoms with Gasteiger partial charge >= 0.3 is 0 Å². The first-order valence-corrected chi connectivity index (χ1v) is 6.09. The van der Waals surface area contributed by atoms with Crippen molar-refractivity contribution in [2.75, 3.05) is 13.1 Å². The summed E-state index contributed by atoms with van der Waals surface area (Å²) in [6.45, 7) is 6.14. The molecule has 1 saturated heterocycles. The smallest absolute Gasteiger partial charge is 0.0671 e. The minimum absolute atomic E-state index is 0.291. The first-order chi connectivity index (χ1) is 7.92. The second-order valence-electron chi connectivity index (χ2n) is 4.25. The molecule has 2 heteroatoms. The van der Waals surface area contributed by atoms with Crippen LogP contribution in [0.4, 0.5) is 0 Å². The summed E-state index contributed by atoms with van der Waals surface area (Å²) in [6.07, 6.45) is 5.88. The molecule has 1 aromatic rings. The van der Waals surface area contributed by atoms with Crippen LogP contribution in [0.5, 0.6) is 0 Å². The van der Waals surface area contributed by atoms with E-state index in [1.807, 2.05) is 6.08 Å². The Morgan fingerprint density at radius 1 is 1.19 bits per heavy atom. The van der Waals surface area contributed by atoms with E-state index in [0.717, 1.165) is 13.1 Å². The summed E-state index contributed by atoms with van der Waals surface area (Å²) < 4.78 is 0. The van der Waals surface area contributed by atoms with Crippen LogP contribution in [0, 0.1) is 0 Å². The lowest BCUT2D eigenvalue weighted by molar-refractivity contribution is 0.162. The molecule has 1 aliphatic heterocycles. The first kappa shape index (κ1) is 11.4. The molecule has 0 bridgehead atoms. The summed E-state index contributed by atoms with van der Waals surface area (Å²) in [5.41, 5.74) is 4.81. The van der Waals surface area contributed by atoms with Crippen LogP contribution in [0.25, 0.3) is 0 Å². The zero-order chi connectivity index (χ0) is 11.2. The van der Waals surface area contributed by atoms with Crippen LogP contribution in [0.3, 0.4) is 0 Å². The van der Waals surface area contributed by atoms with Gasteiger partial charge in [0.1, 0.15) is 0 Å². The van der Waals surface area contributed by atoms with E-state index in [4.69, 9.17) is 0 Å². The summed E-state index contributed by atoms with van der Waals surface area (Å²) in [7, 11) is 0. The van der Waals surface area contributed by atoms with E-state index >= 15 is 0 Å². The predicted molar refractivity (Wildman–Crippen MR) is 67.9 cm³/mol. The Morgan fingerprint density at radius 3 is 2.75 bits per heavy atom. The quantitative estimate of drug-likeness (QED) is 0.782. The van der Waals surface area contributed by atoms with Gasteiger partial charge in [0.25, 0.3) is 0 Å². The lowest BCUT2D eigenvalue weighted by atomic mass is 10.1. The highest BCUT2D eigenvalue weighted by molar-refractivity contribution is 5.22. The van der Waals surface area contributed by atoms with E-state index in [9.17, 15) is 0 Å². The van der Waals surface area contributed by atoms with E-state index in [1.54, 1.807) is 0 Å². The lowest BCUT2D eigenvalue weighted by Crippen LogP contribution is -2.39. The lowest BCUT2D eigenvalue weighted by Gasteiger charge is -2.28. The molecule has 1 fully saturated rings. The molecular formula is C14H20N2. The molecule has 86 valence electrons. The Labute approximate surface area is 97.9 Å². The standard InChI is InChI=1S/C14H20N2/c1-2-14(13-9-5-3-6-10-13)16-12-8-4-7-11-15-16/h2-3,5-6,9-10,14-15H,1,4,7-8,11-12H2. The van der Waals surface area contributed by atoms with Gasteiger partial charge in [-0.3, -0.25) is 5.43 Å². The molecule has 1 N–H and O–H groups in total. The van der Waals surface area contributed by atoms with Crippen molar-refractivity contribution in [3.8, 4) is 0 Å². The topological polar surface area (TPSA) is 15.3 Å². The molecule has 0 radical (unpaired) electrons. The Hall–Kier alpha value is -1.12. The molecule has 1 aliphatic rings. The largest absolute Gasteiger partial charge is 0.254 e. The molecule has 0 spiro atoms. The summed E-state index contributed by atoms with van der Waals surface area (Å²) >= 11 is 0. The Bertz CT molecular complexity index is 313. The van der Waals surface area contributed by atoms with Crippen molar-refractivity contribution in [3.05, 3.63) is 48.6 Å². The molecule has 1 atom stereocenters. The van der Waals surface area contributed by atoms with Gasteiger partial charge in [0.15, 0.2) is 0 Å². The number of rotatable bonds is 3. The van der Waals surface area contributed by atoms with Gasteiger partial charge in [0.05, 0.1) is 6.04 Å². The number of hydrogen-bond donors (Lipinski definition) is 1. The average molecular weight is 216 g/mol. The highest BCUT2D eigenvalue weighted by Crippen LogP contribution is 2.21. The second kappa shape index (κ2) is 5.83. The molecule has 0 aromatic heterocycles. The maximum atomic E-state index is 3.96. The molecular weight excluding hydrogens is 196 g/mol. The van der Waals surface area contributed by atoms with Crippen LogP contribution in [0.2, 0.25) is 0 Å². The van der Waals surface area contributed by atoms with Gasteiger partial charge in [-0.1, -0.05) is 42.8 Å². The van der Waals surface area contributed by atoms with Crippen molar-refractivity contribution in [1.82, 2.24) is 10.4 Å². The highest BCUT2D eigenvalue weighted by atomic mass is 15.5. The van der Waals surface area contributed by atoms with Crippen LogP contribution in [-0.4, -0.2) is 18.1 Å². The fourth-order valence-corrected chi connectivity index (χ4v) is 2.22.